The quantitative estimate of drug-likeness (QED) is 0.809. The summed E-state index contributed by atoms with van der Waals surface area (Å²) >= 11 is 0. The predicted octanol–water partition coefficient (Wildman–Crippen LogP) is 3.66. The number of benzene rings is 1. The zero-order chi connectivity index (χ0) is 14.6. The maximum atomic E-state index is 14.6. The molecule has 1 heterocycles. The molecule has 1 N–H and O–H groups in total. The number of aliphatic hydroxyl groups is 1. The molecule has 1 saturated heterocycles. The van der Waals surface area contributed by atoms with Gasteiger partial charge in [0.25, 0.3) is 0 Å². The summed E-state index contributed by atoms with van der Waals surface area (Å²) in [6.07, 6.45) is 2.82. The Morgan fingerprint density at radius 3 is 2.65 bits per heavy atom. The third-order valence-electron chi connectivity index (χ3n) is 3.80. The fraction of sp³-hybridized carbons (Fsp3) is 0.625. The zero-order valence-corrected chi connectivity index (χ0v) is 12.2. The van der Waals surface area contributed by atoms with Gasteiger partial charge in [-0.15, -0.1) is 0 Å². The molecule has 112 valence electrons. The molecule has 1 aromatic rings. The minimum atomic E-state index is -1.04. The van der Waals surface area contributed by atoms with Crippen molar-refractivity contribution in [2.45, 2.75) is 51.4 Å². The molecule has 3 nitrogen and oxygen atoms in total. The van der Waals surface area contributed by atoms with Crippen molar-refractivity contribution in [1.82, 2.24) is 0 Å². The molecular formula is C16H23FO3. The van der Waals surface area contributed by atoms with Crippen molar-refractivity contribution < 1.29 is 19.0 Å². The second-order valence-corrected chi connectivity index (χ2v) is 5.36. The molecule has 1 fully saturated rings. The molecule has 0 bridgehead atoms. The number of hydrogen-bond donors (Lipinski definition) is 1. The van der Waals surface area contributed by atoms with E-state index in [0.29, 0.717) is 30.8 Å². The Balaban J connectivity index is 2.18. The number of ether oxygens (including phenoxy) is 2. The lowest BCUT2D eigenvalue weighted by Crippen LogP contribution is -2.24. The average Bonchev–Trinajstić information content (AvgIpc) is 2.87. The van der Waals surface area contributed by atoms with Crippen molar-refractivity contribution in [3.05, 3.63) is 35.1 Å². The van der Waals surface area contributed by atoms with Gasteiger partial charge in [0.1, 0.15) is 5.82 Å². The van der Waals surface area contributed by atoms with Gasteiger partial charge >= 0.3 is 0 Å². The lowest BCUT2D eigenvalue weighted by atomic mass is 9.97. The van der Waals surface area contributed by atoms with Crippen LogP contribution in [0.5, 0.6) is 0 Å². The molecule has 1 atom stereocenters. The Bertz CT molecular complexity index is 441. The number of hydrogen-bond acceptors (Lipinski definition) is 3. The highest BCUT2D eigenvalue weighted by Gasteiger charge is 2.36. The van der Waals surface area contributed by atoms with Crippen LogP contribution in [0.25, 0.3) is 0 Å². The second-order valence-electron chi connectivity index (χ2n) is 5.36. The topological polar surface area (TPSA) is 38.7 Å². The summed E-state index contributed by atoms with van der Waals surface area (Å²) in [5.41, 5.74) is 0.695. The molecule has 20 heavy (non-hydrogen) atoms. The van der Waals surface area contributed by atoms with Gasteiger partial charge in [-0.05, 0) is 13.3 Å². The number of unbranched alkanes of at least 4 members (excludes halogenated alkanes) is 2. The summed E-state index contributed by atoms with van der Waals surface area (Å²) in [5.74, 6) is -1.45. The van der Waals surface area contributed by atoms with E-state index >= 15 is 0 Å². The highest BCUT2D eigenvalue weighted by Crippen LogP contribution is 2.35. The Morgan fingerprint density at radius 2 is 2.00 bits per heavy atom. The molecule has 1 aliphatic heterocycles. The van der Waals surface area contributed by atoms with Crippen LogP contribution in [0.4, 0.5) is 4.39 Å². The van der Waals surface area contributed by atoms with Crippen LogP contribution in [-0.2, 0) is 15.3 Å². The highest BCUT2D eigenvalue weighted by molar-refractivity contribution is 5.30. The van der Waals surface area contributed by atoms with E-state index in [1.165, 1.54) is 0 Å². The fourth-order valence-electron chi connectivity index (χ4n) is 2.57. The van der Waals surface area contributed by atoms with Gasteiger partial charge in [0.15, 0.2) is 5.79 Å². The first kappa shape index (κ1) is 15.4. The molecule has 0 aromatic heterocycles. The van der Waals surface area contributed by atoms with Crippen LogP contribution in [0.1, 0.15) is 56.8 Å². The maximum Gasteiger partial charge on any atom is 0.194 e. The first-order valence-electron chi connectivity index (χ1n) is 7.33. The van der Waals surface area contributed by atoms with Crippen LogP contribution in [0.2, 0.25) is 0 Å². The summed E-state index contributed by atoms with van der Waals surface area (Å²) in [6, 6.07) is 5.03. The summed E-state index contributed by atoms with van der Waals surface area (Å²) < 4.78 is 25.6. The zero-order valence-electron chi connectivity index (χ0n) is 12.2. The SMILES string of the molecule is CCCCCC(O)c1cccc(C2(C)OCCO2)c1F. The molecule has 0 saturated carbocycles. The van der Waals surface area contributed by atoms with Gasteiger partial charge in [0.05, 0.1) is 19.3 Å². The van der Waals surface area contributed by atoms with Gasteiger partial charge in [-0.3, -0.25) is 0 Å². The van der Waals surface area contributed by atoms with Gasteiger partial charge in [-0.2, -0.15) is 0 Å². The summed E-state index contributed by atoms with van der Waals surface area (Å²) in [4.78, 5) is 0. The summed E-state index contributed by atoms with van der Waals surface area (Å²) in [7, 11) is 0. The van der Waals surface area contributed by atoms with Crippen molar-refractivity contribution in [2.75, 3.05) is 13.2 Å². The van der Waals surface area contributed by atoms with Crippen LogP contribution < -0.4 is 0 Å². The number of aliphatic hydroxyl groups excluding tert-OH is 1. The molecule has 0 radical (unpaired) electrons. The molecular weight excluding hydrogens is 259 g/mol. The minimum Gasteiger partial charge on any atom is -0.388 e. The molecule has 1 unspecified atom stereocenters. The molecule has 4 heteroatoms. The van der Waals surface area contributed by atoms with Crippen molar-refractivity contribution in [2.24, 2.45) is 0 Å². The van der Waals surface area contributed by atoms with E-state index in [9.17, 15) is 9.50 Å². The number of rotatable bonds is 6. The predicted molar refractivity (Wildman–Crippen MR) is 74.8 cm³/mol. The Labute approximate surface area is 119 Å². The fourth-order valence-corrected chi connectivity index (χ4v) is 2.57. The van der Waals surface area contributed by atoms with Crippen LogP contribution in [0.15, 0.2) is 18.2 Å². The molecule has 0 spiro atoms. The van der Waals surface area contributed by atoms with Crippen molar-refractivity contribution >= 4 is 0 Å². The third-order valence-corrected chi connectivity index (χ3v) is 3.80. The van der Waals surface area contributed by atoms with E-state index in [4.69, 9.17) is 9.47 Å². The van der Waals surface area contributed by atoms with Crippen LogP contribution in [-0.4, -0.2) is 18.3 Å². The van der Waals surface area contributed by atoms with E-state index in [1.54, 1.807) is 25.1 Å². The van der Waals surface area contributed by atoms with Crippen LogP contribution >= 0.6 is 0 Å². The third kappa shape index (κ3) is 3.19. The van der Waals surface area contributed by atoms with Gasteiger partial charge < -0.3 is 14.6 Å². The molecule has 0 aliphatic carbocycles. The summed E-state index contributed by atoms with van der Waals surface area (Å²) in [5, 5.41) is 10.2. The van der Waals surface area contributed by atoms with Crippen molar-refractivity contribution in [3.63, 3.8) is 0 Å². The molecule has 1 aromatic carbocycles. The van der Waals surface area contributed by atoms with Crippen molar-refractivity contribution in [3.8, 4) is 0 Å². The Hall–Kier alpha value is -0.970. The molecule has 2 rings (SSSR count). The standard InChI is InChI=1S/C16H23FO3/c1-3-4-5-9-14(18)12-7-6-8-13(15(12)17)16(2)19-10-11-20-16/h6-8,14,18H,3-5,9-11H2,1-2H3. The largest absolute Gasteiger partial charge is 0.388 e. The monoisotopic (exact) mass is 282 g/mol. The second kappa shape index (κ2) is 6.66. The maximum absolute atomic E-state index is 14.6. The smallest absolute Gasteiger partial charge is 0.194 e. The average molecular weight is 282 g/mol. The van der Waals surface area contributed by atoms with E-state index in [2.05, 4.69) is 6.92 Å². The van der Waals surface area contributed by atoms with Crippen molar-refractivity contribution in [1.29, 1.82) is 0 Å². The lowest BCUT2D eigenvalue weighted by molar-refractivity contribution is -0.151. The van der Waals surface area contributed by atoms with Gasteiger partial charge in [0, 0.05) is 11.1 Å². The normalized spacial score (nSPS) is 19.2. The van der Waals surface area contributed by atoms with E-state index in [-0.39, 0.29) is 0 Å². The van der Waals surface area contributed by atoms with Gasteiger partial charge in [0.2, 0.25) is 0 Å². The van der Waals surface area contributed by atoms with Gasteiger partial charge in [-0.1, -0.05) is 44.4 Å². The van der Waals surface area contributed by atoms with E-state index < -0.39 is 17.7 Å². The van der Waals surface area contributed by atoms with E-state index in [0.717, 1.165) is 19.3 Å². The first-order chi connectivity index (χ1) is 9.58. The Morgan fingerprint density at radius 1 is 1.30 bits per heavy atom. The Kier molecular flexibility index (Phi) is 5.13. The minimum absolute atomic E-state index is 0.332. The number of halogens is 1. The molecule has 0 amide bonds. The van der Waals surface area contributed by atoms with Crippen LogP contribution in [0.3, 0.4) is 0 Å². The lowest BCUT2D eigenvalue weighted by Gasteiger charge is -2.25. The highest BCUT2D eigenvalue weighted by atomic mass is 19.1. The van der Waals surface area contributed by atoms with E-state index in [1.807, 2.05) is 0 Å². The van der Waals surface area contributed by atoms with Gasteiger partial charge in [-0.25, -0.2) is 4.39 Å². The first-order valence-corrected chi connectivity index (χ1v) is 7.33. The summed E-state index contributed by atoms with van der Waals surface area (Å²) in [6.45, 7) is 4.73. The molecule has 1 aliphatic rings. The van der Waals surface area contributed by atoms with Crippen LogP contribution in [0, 0.1) is 5.82 Å².